The minimum absolute atomic E-state index is 0.00465. The maximum Gasteiger partial charge on any atom is 0.257 e. The third kappa shape index (κ3) is 5.67. The van der Waals surface area contributed by atoms with E-state index >= 15 is 0 Å². The van der Waals surface area contributed by atoms with Crippen LogP contribution in [-0.2, 0) is 9.53 Å². The van der Waals surface area contributed by atoms with E-state index in [0.717, 1.165) is 13.0 Å². The Balaban J connectivity index is 1.61. The van der Waals surface area contributed by atoms with Crippen molar-refractivity contribution >= 4 is 11.8 Å². The van der Waals surface area contributed by atoms with Crippen molar-refractivity contribution in [3.63, 3.8) is 0 Å². The average Bonchev–Trinajstić information content (AvgIpc) is 3.11. The van der Waals surface area contributed by atoms with Crippen LogP contribution in [-0.4, -0.2) is 49.6 Å². The lowest BCUT2D eigenvalue weighted by Gasteiger charge is -2.31. The van der Waals surface area contributed by atoms with Crippen molar-refractivity contribution in [2.75, 3.05) is 32.8 Å². The highest BCUT2D eigenvalue weighted by molar-refractivity contribution is 5.94. The molecule has 134 valence electrons. The molecule has 1 aromatic rings. The van der Waals surface area contributed by atoms with Gasteiger partial charge in [-0.15, -0.1) is 0 Å². The van der Waals surface area contributed by atoms with Gasteiger partial charge in [-0.3, -0.25) is 9.59 Å². The number of nitrogens with one attached hydrogen (secondary N) is 1. The zero-order valence-electron chi connectivity index (χ0n) is 14.6. The van der Waals surface area contributed by atoms with Crippen molar-refractivity contribution in [3.8, 4) is 0 Å². The van der Waals surface area contributed by atoms with Crippen LogP contribution in [0.15, 0.2) is 23.0 Å². The molecule has 1 aromatic heterocycles. The molecule has 0 aliphatic carbocycles. The summed E-state index contributed by atoms with van der Waals surface area (Å²) in [4.78, 5) is 26.2. The van der Waals surface area contributed by atoms with Gasteiger partial charge in [-0.05, 0) is 31.2 Å². The Labute approximate surface area is 143 Å². The molecule has 0 radical (unpaired) electrons. The first-order chi connectivity index (χ1) is 11.6. The predicted octanol–water partition coefficient (Wildman–Crippen LogP) is 2.31. The quantitative estimate of drug-likeness (QED) is 0.740. The molecule has 1 aliphatic heterocycles. The molecular weight excluding hydrogens is 308 g/mol. The molecule has 0 saturated carbocycles. The number of ether oxygens (including phenoxy) is 1. The molecule has 1 fully saturated rings. The van der Waals surface area contributed by atoms with E-state index in [4.69, 9.17) is 9.15 Å². The van der Waals surface area contributed by atoms with Crippen molar-refractivity contribution in [2.24, 2.45) is 11.8 Å². The van der Waals surface area contributed by atoms with Gasteiger partial charge in [0.2, 0.25) is 5.91 Å². The standard InChI is InChI=1S/C18H28N2O4/c1-14(2)12-23-10-3-7-19-17(21)15-4-8-20(9-5-15)18(22)16-6-11-24-13-16/h6,11,13-15H,3-5,7-10,12H2,1-2H3,(H,19,21). The number of carbonyl (C=O) groups is 2. The summed E-state index contributed by atoms with van der Waals surface area (Å²) in [6.45, 7) is 7.54. The van der Waals surface area contributed by atoms with Crippen LogP contribution in [0.4, 0.5) is 0 Å². The average molecular weight is 336 g/mol. The van der Waals surface area contributed by atoms with E-state index in [-0.39, 0.29) is 17.7 Å². The molecule has 1 N–H and O–H groups in total. The molecule has 24 heavy (non-hydrogen) atoms. The highest BCUT2D eigenvalue weighted by atomic mass is 16.5. The smallest absolute Gasteiger partial charge is 0.257 e. The van der Waals surface area contributed by atoms with E-state index in [1.807, 2.05) is 0 Å². The number of piperidine rings is 1. The Bertz CT molecular complexity index is 505. The molecule has 1 aliphatic rings. The number of furan rings is 1. The van der Waals surface area contributed by atoms with E-state index in [1.165, 1.54) is 12.5 Å². The van der Waals surface area contributed by atoms with Gasteiger partial charge in [0, 0.05) is 38.8 Å². The van der Waals surface area contributed by atoms with Crippen LogP contribution in [0, 0.1) is 11.8 Å². The second-order valence-corrected chi connectivity index (χ2v) is 6.69. The molecular formula is C18H28N2O4. The lowest BCUT2D eigenvalue weighted by Crippen LogP contribution is -2.43. The van der Waals surface area contributed by atoms with Gasteiger partial charge in [-0.2, -0.15) is 0 Å². The molecule has 6 heteroatoms. The predicted molar refractivity (Wildman–Crippen MR) is 90.6 cm³/mol. The number of rotatable bonds is 8. The van der Waals surface area contributed by atoms with Crippen molar-refractivity contribution < 1.29 is 18.7 Å². The summed E-state index contributed by atoms with van der Waals surface area (Å²) >= 11 is 0. The molecule has 0 atom stereocenters. The van der Waals surface area contributed by atoms with E-state index in [0.29, 0.717) is 50.6 Å². The fourth-order valence-corrected chi connectivity index (χ4v) is 2.76. The topological polar surface area (TPSA) is 71.8 Å². The summed E-state index contributed by atoms with van der Waals surface area (Å²) in [6.07, 6.45) is 5.20. The van der Waals surface area contributed by atoms with Crippen LogP contribution in [0.3, 0.4) is 0 Å². The van der Waals surface area contributed by atoms with Gasteiger partial charge in [-0.1, -0.05) is 13.8 Å². The molecule has 2 heterocycles. The first kappa shape index (κ1) is 18.5. The van der Waals surface area contributed by atoms with Gasteiger partial charge < -0.3 is 19.4 Å². The van der Waals surface area contributed by atoms with Crippen molar-refractivity contribution in [3.05, 3.63) is 24.2 Å². The Morgan fingerprint density at radius 1 is 1.38 bits per heavy atom. The summed E-state index contributed by atoms with van der Waals surface area (Å²) in [7, 11) is 0. The zero-order chi connectivity index (χ0) is 17.4. The van der Waals surface area contributed by atoms with Gasteiger partial charge >= 0.3 is 0 Å². The fraction of sp³-hybridized carbons (Fsp3) is 0.667. The molecule has 6 nitrogen and oxygen atoms in total. The summed E-state index contributed by atoms with van der Waals surface area (Å²) in [6, 6.07) is 1.67. The zero-order valence-corrected chi connectivity index (χ0v) is 14.6. The monoisotopic (exact) mass is 336 g/mol. The van der Waals surface area contributed by atoms with Gasteiger partial charge in [0.05, 0.1) is 11.8 Å². The van der Waals surface area contributed by atoms with Crippen LogP contribution in [0.25, 0.3) is 0 Å². The van der Waals surface area contributed by atoms with Gasteiger partial charge in [0.15, 0.2) is 0 Å². The Kier molecular flexibility index (Phi) is 7.31. The number of amides is 2. The third-order valence-corrected chi connectivity index (χ3v) is 4.14. The van der Waals surface area contributed by atoms with E-state index < -0.39 is 0 Å². The fourth-order valence-electron chi connectivity index (χ4n) is 2.76. The van der Waals surface area contributed by atoms with Crippen LogP contribution < -0.4 is 5.32 Å². The Morgan fingerprint density at radius 2 is 2.12 bits per heavy atom. The van der Waals surface area contributed by atoms with Gasteiger partial charge in [-0.25, -0.2) is 0 Å². The van der Waals surface area contributed by atoms with Crippen LogP contribution in [0.2, 0.25) is 0 Å². The highest BCUT2D eigenvalue weighted by Crippen LogP contribution is 2.19. The normalized spacial score (nSPS) is 15.7. The van der Waals surface area contributed by atoms with Gasteiger partial charge in [0.1, 0.15) is 6.26 Å². The van der Waals surface area contributed by atoms with Crippen LogP contribution in [0.5, 0.6) is 0 Å². The minimum atomic E-state index is -0.0232. The van der Waals surface area contributed by atoms with Crippen LogP contribution in [0.1, 0.15) is 43.5 Å². The summed E-state index contributed by atoms with van der Waals surface area (Å²) in [5.41, 5.74) is 0.569. The van der Waals surface area contributed by atoms with E-state index in [1.54, 1.807) is 11.0 Å². The summed E-state index contributed by atoms with van der Waals surface area (Å²) in [5, 5.41) is 2.97. The van der Waals surface area contributed by atoms with Crippen molar-refractivity contribution in [2.45, 2.75) is 33.1 Å². The number of nitrogens with zero attached hydrogens (tertiary/aromatic N) is 1. The minimum Gasteiger partial charge on any atom is -0.472 e. The molecule has 0 spiro atoms. The molecule has 2 amide bonds. The summed E-state index contributed by atoms with van der Waals surface area (Å²) < 4.78 is 10.4. The lowest BCUT2D eigenvalue weighted by molar-refractivity contribution is -0.126. The second kappa shape index (κ2) is 9.47. The summed E-state index contributed by atoms with van der Waals surface area (Å²) in [5.74, 6) is 0.601. The third-order valence-electron chi connectivity index (χ3n) is 4.14. The maximum absolute atomic E-state index is 12.2. The van der Waals surface area contributed by atoms with Gasteiger partial charge in [0.25, 0.3) is 5.91 Å². The Hall–Kier alpha value is -1.82. The SMILES string of the molecule is CC(C)COCCCNC(=O)C1CCN(C(=O)c2ccoc2)CC1. The number of hydrogen-bond acceptors (Lipinski definition) is 4. The number of likely N-dealkylation sites (tertiary alicyclic amines) is 1. The molecule has 2 rings (SSSR count). The largest absolute Gasteiger partial charge is 0.472 e. The maximum atomic E-state index is 12.2. The van der Waals surface area contributed by atoms with E-state index in [9.17, 15) is 9.59 Å². The molecule has 0 bridgehead atoms. The Morgan fingerprint density at radius 3 is 2.75 bits per heavy atom. The highest BCUT2D eigenvalue weighted by Gasteiger charge is 2.27. The first-order valence-electron chi connectivity index (χ1n) is 8.75. The van der Waals surface area contributed by atoms with Crippen molar-refractivity contribution in [1.29, 1.82) is 0 Å². The van der Waals surface area contributed by atoms with Crippen molar-refractivity contribution in [1.82, 2.24) is 10.2 Å². The molecule has 0 unspecified atom stereocenters. The van der Waals surface area contributed by atoms with E-state index in [2.05, 4.69) is 19.2 Å². The molecule has 1 saturated heterocycles. The lowest BCUT2D eigenvalue weighted by atomic mass is 9.95. The number of hydrogen-bond donors (Lipinski definition) is 1. The first-order valence-corrected chi connectivity index (χ1v) is 8.75. The van der Waals surface area contributed by atoms with Crippen LogP contribution >= 0.6 is 0 Å². The second-order valence-electron chi connectivity index (χ2n) is 6.69. The number of carbonyl (C=O) groups excluding carboxylic acids is 2. The molecule has 0 aromatic carbocycles.